The van der Waals surface area contributed by atoms with E-state index in [9.17, 15) is 8.78 Å². The van der Waals surface area contributed by atoms with E-state index >= 15 is 0 Å². The zero-order valence-corrected chi connectivity index (χ0v) is 17.4. The van der Waals surface area contributed by atoms with Gasteiger partial charge in [0.05, 0.1) is 6.54 Å². The molecule has 1 aliphatic rings. The number of rotatable bonds is 6. The lowest BCUT2D eigenvalue weighted by atomic mass is 10.1. The highest BCUT2D eigenvalue weighted by molar-refractivity contribution is 5.80. The van der Waals surface area contributed by atoms with E-state index < -0.39 is 11.6 Å². The van der Waals surface area contributed by atoms with E-state index in [1.807, 2.05) is 23.0 Å². The smallest absolute Gasteiger partial charge is 0.191 e. The third-order valence-electron chi connectivity index (χ3n) is 5.36. The summed E-state index contributed by atoms with van der Waals surface area (Å²) >= 11 is 0. The Morgan fingerprint density at radius 2 is 1.90 bits per heavy atom. The molecule has 0 amide bonds. The molecule has 2 heterocycles. The first kappa shape index (κ1) is 20.8. The van der Waals surface area contributed by atoms with Crippen molar-refractivity contribution in [3.8, 4) is 0 Å². The van der Waals surface area contributed by atoms with Gasteiger partial charge >= 0.3 is 0 Å². The van der Waals surface area contributed by atoms with Crippen LogP contribution in [0.1, 0.15) is 17.5 Å². The van der Waals surface area contributed by atoms with Crippen molar-refractivity contribution in [3.05, 3.63) is 83.7 Å². The quantitative estimate of drug-likeness (QED) is 0.472. The van der Waals surface area contributed by atoms with Gasteiger partial charge < -0.3 is 15.5 Å². The zero-order valence-electron chi connectivity index (χ0n) is 17.4. The van der Waals surface area contributed by atoms with E-state index in [4.69, 9.17) is 0 Å². The van der Waals surface area contributed by atoms with Crippen molar-refractivity contribution in [1.82, 2.24) is 20.4 Å². The Labute approximate surface area is 180 Å². The number of nitrogens with zero attached hydrogens (tertiary/aromatic N) is 4. The van der Waals surface area contributed by atoms with Crippen LogP contribution in [0.4, 0.5) is 14.5 Å². The molecule has 4 rings (SSSR count). The zero-order chi connectivity index (χ0) is 21.6. The fourth-order valence-electron chi connectivity index (χ4n) is 3.87. The van der Waals surface area contributed by atoms with Crippen LogP contribution in [0.3, 0.4) is 0 Å². The van der Waals surface area contributed by atoms with Gasteiger partial charge in [-0.05, 0) is 35.7 Å². The van der Waals surface area contributed by atoms with E-state index in [1.165, 1.54) is 23.8 Å². The molecule has 1 saturated heterocycles. The van der Waals surface area contributed by atoms with Gasteiger partial charge in [0, 0.05) is 45.1 Å². The van der Waals surface area contributed by atoms with Crippen LogP contribution in [0.5, 0.6) is 0 Å². The van der Waals surface area contributed by atoms with Crippen LogP contribution in [0.2, 0.25) is 0 Å². The Kier molecular flexibility index (Phi) is 6.45. The normalized spacial score (nSPS) is 16.5. The Hall–Kier alpha value is -3.42. The largest absolute Gasteiger partial charge is 0.365 e. The molecule has 3 aromatic rings. The molecule has 162 valence electrons. The average Bonchev–Trinajstić information content (AvgIpc) is 3.44. The molecule has 0 bridgehead atoms. The summed E-state index contributed by atoms with van der Waals surface area (Å²) in [6.45, 7) is 2.43. The lowest BCUT2D eigenvalue weighted by Crippen LogP contribution is -2.44. The molecule has 1 atom stereocenters. The number of aromatic nitrogens is 2. The third kappa shape index (κ3) is 5.20. The van der Waals surface area contributed by atoms with E-state index in [0.717, 1.165) is 18.5 Å². The molecule has 8 heteroatoms. The predicted octanol–water partition coefficient (Wildman–Crippen LogP) is 3.15. The van der Waals surface area contributed by atoms with Gasteiger partial charge in [-0.1, -0.05) is 30.3 Å². The van der Waals surface area contributed by atoms with Crippen molar-refractivity contribution in [2.75, 3.05) is 25.0 Å². The molecule has 1 aliphatic heterocycles. The molecule has 1 unspecified atom stereocenters. The van der Waals surface area contributed by atoms with Gasteiger partial charge in [-0.3, -0.25) is 9.67 Å². The number of nitrogens with one attached hydrogen (secondary N) is 2. The Morgan fingerprint density at radius 3 is 2.65 bits per heavy atom. The molecule has 0 saturated carbocycles. The maximum atomic E-state index is 14.1. The van der Waals surface area contributed by atoms with Gasteiger partial charge in [0.2, 0.25) is 0 Å². The molecule has 31 heavy (non-hydrogen) atoms. The highest BCUT2D eigenvalue weighted by Crippen LogP contribution is 2.26. The Bertz CT molecular complexity index is 1010. The monoisotopic (exact) mass is 424 g/mol. The molecule has 6 nitrogen and oxygen atoms in total. The Balaban J connectivity index is 1.31. The molecular weight excluding hydrogens is 398 g/mol. The van der Waals surface area contributed by atoms with Gasteiger partial charge in [-0.2, -0.15) is 5.10 Å². The van der Waals surface area contributed by atoms with Crippen molar-refractivity contribution in [1.29, 1.82) is 0 Å². The van der Waals surface area contributed by atoms with Gasteiger partial charge in [0.15, 0.2) is 5.96 Å². The average molecular weight is 424 g/mol. The Morgan fingerprint density at radius 1 is 1.13 bits per heavy atom. The van der Waals surface area contributed by atoms with Crippen molar-refractivity contribution in [3.63, 3.8) is 0 Å². The molecule has 0 aliphatic carbocycles. The van der Waals surface area contributed by atoms with Crippen LogP contribution in [0, 0.1) is 11.6 Å². The molecule has 0 spiro atoms. The standard InChI is InChI=1S/C23H26F2N6/c1-26-23(27-14-17-5-2-6-18(13-17)15-31-11-4-10-28-31)29-19-9-12-30(16-19)22-20(24)7-3-8-21(22)25/h2-8,10-11,13,19H,9,12,14-16H2,1H3,(H2,26,27,29). The summed E-state index contributed by atoms with van der Waals surface area (Å²) < 4.78 is 30.0. The first-order valence-corrected chi connectivity index (χ1v) is 10.3. The molecule has 2 N–H and O–H groups in total. The van der Waals surface area contributed by atoms with Crippen LogP contribution < -0.4 is 15.5 Å². The third-order valence-corrected chi connectivity index (χ3v) is 5.36. The molecule has 2 aromatic carbocycles. The summed E-state index contributed by atoms with van der Waals surface area (Å²) in [6, 6.07) is 14.2. The first-order valence-electron chi connectivity index (χ1n) is 10.3. The summed E-state index contributed by atoms with van der Waals surface area (Å²) in [7, 11) is 1.72. The number of hydrogen-bond donors (Lipinski definition) is 2. The number of halogens is 2. The topological polar surface area (TPSA) is 57.5 Å². The molecule has 1 aromatic heterocycles. The van der Waals surface area contributed by atoms with Crippen LogP contribution in [0.15, 0.2) is 65.9 Å². The summed E-state index contributed by atoms with van der Waals surface area (Å²) in [6.07, 6.45) is 4.48. The van der Waals surface area contributed by atoms with E-state index in [1.54, 1.807) is 18.1 Å². The van der Waals surface area contributed by atoms with E-state index in [0.29, 0.717) is 25.6 Å². The first-order chi connectivity index (χ1) is 15.1. The number of benzene rings is 2. The second kappa shape index (κ2) is 9.59. The maximum absolute atomic E-state index is 14.1. The van der Waals surface area contributed by atoms with Crippen LogP contribution in [-0.2, 0) is 13.1 Å². The van der Waals surface area contributed by atoms with E-state index in [-0.39, 0.29) is 11.7 Å². The number of hydrogen-bond acceptors (Lipinski definition) is 3. The number of anilines is 1. The molecule has 1 fully saturated rings. The lowest BCUT2D eigenvalue weighted by Gasteiger charge is -2.21. The van der Waals surface area contributed by atoms with Gasteiger partial charge in [0.25, 0.3) is 0 Å². The van der Waals surface area contributed by atoms with Crippen molar-refractivity contribution in [2.24, 2.45) is 4.99 Å². The van der Waals surface area contributed by atoms with Crippen LogP contribution in [0.25, 0.3) is 0 Å². The maximum Gasteiger partial charge on any atom is 0.191 e. The van der Waals surface area contributed by atoms with Gasteiger partial charge in [-0.15, -0.1) is 0 Å². The van der Waals surface area contributed by atoms with Crippen molar-refractivity contribution in [2.45, 2.75) is 25.6 Å². The molecule has 0 radical (unpaired) electrons. The minimum Gasteiger partial charge on any atom is -0.365 e. The summed E-state index contributed by atoms with van der Waals surface area (Å²) in [5.74, 6) is -0.394. The SMILES string of the molecule is CN=C(NCc1cccc(Cn2cccn2)c1)NC1CCN(c2c(F)cccc2F)C1. The van der Waals surface area contributed by atoms with Crippen molar-refractivity contribution >= 4 is 11.6 Å². The van der Waals surface area contributed by atoms with E-state index in [2.05, 4.69) is 38.9 Å². The van der Waals surface area contributed by atoms with Gasteiger partial charge in [-0.25, -0.2) is 8.78 Å². The highest BCUT2D eigenvalue weighted by Gasteiger charge is 2.27. The predicted molar refractivity (Wildman–Crippen MR) is 118 cm³/mol. The van der Waals surface area contributed by atoms with Crippen molar-refractivity contribution < 1.29 is 8.78 Å². The minimum absolute atomic E-state index is 0.0451. The van der Waals surface area contributed by atoms with Crippen LogP contribution >= 0.6 is 0 Å². The second-order valence-electron chi connectivity index (χ2n) is 7.60. The summed E-state index contributed by atoms with van der Waals surface area (Å²) in [4.78, 5) is 6.04. The summed E-state index contributed by atoms with van der Waals surface area (Å²) in [5.41, 5.74) is 2.35. The number of aliphatic imine (C=N–C) groups is 1. The summed E-state index contributed by atoms with van der Waals surface area (Å²) in [5, 5.41) is 10.9. The number of para-hydroxylation sites is 1. The minimum atomic E-state index is -0.529. The fourth-order valence-corrected chi connectivity index (χ4v) is 3.87. The molecular formula is C23H26F2N6. The lowest BCUT2D eigenvalue weighted by molar-refractivity contribution is 0.576. The number of guanidine groups is 1. The fraction of sp³-hybridized carbons (Fsp3) is 0.304. The highest BCUT2D eigenvalue weighted by atomic mass is 19.1. The van der Waals surface area contributed by atoms with Crippen LogP contribution in [-0.4, -0.2) is 41.9 Å². The van der Waals surface area contributed by atoms with Gasteiger partial charge in [0.1, 0.15) is 17.3 Å². The second-order valence-corrected chi connectivity index (χ2v) is 7.60.